The standard InChI is InChI=1S/C50H72N4O11.C9H16O3/c1-35(2)31-40(56)23-18-24-41(57)34-39(32-37-19-10-8-11-20-37)48(62)52-44(33-38-21-12-9-13-22-38)45(58)26-14-6-4-5-7-15-27-46(59)51-30-17-16-25-42(36(3)55)53-50(65)54-43(49(63)64)28-29-47(60)61;1-7(2)6-8(10)4-3-5-9(11)12/h8-13,19-22,35,39,42-44H,4-7,14-18,23-34H2,1-3H3,(H,51,59)(H,52,62)(H,60,61)(H,63,64)(H2,53,54,65);7H,3-6H2,1-2H3,(H,11,12)/t39-,42-,43-,44+;/m0./s1. The Labute approximate surface area is 455 Å². The monoisotopic (exact) mass is 1080 g/mol. The Hall–Kier alpha value is -6.59. The van der Waals surface area contributed by atoms with Crippen molar-refractivity contribution in [1.82, 2.24) is 21.3 Å². The number of benzene rings is 2. The number of hydrogen-bond acceptors (Lipinski definition) is 11. The van der Waals surface area contributed by atoms with E-state index in [-0.39, 0.29) is 78.8 Å². The molecule has 0 spiro atoms. The molecule has 0 unspecified atom stereocenters. The second-order valence-corrected chi connectivity index (χ2v) is 20.8. The number of carboxylic acids is 3. The molecule has 2 aromatic carbocycles. The van der Waals surface area contributed by atoms with Gasteiger partial charge in [-0.3, -0.25) is 43.2 Å². The van der Waals surface area contributed by atoms with Gasteiger partial charge in [0, 0.05) is 76.7 Å². The second kappa shape index (κ2) is 40.6. The second-order valence-electron chi connectivity index (χ2n) is 20.8. The van der Waals surface area contributed by atoms with Crippen LogP contribution in [0.4, 0.5) is 4.79 Å². The predicted octanol–water partition coefficient (Wildman–Crippen LogP) is 8.73. The van der Waals surface area contributed by atoms with Crippen LogP contribution in [0, 0.1) is 17.8 Å². The van der Waals surface area contributed by atoms with Crippen LogP contribution in [-0.4, -0.2) is 105 Å². The molecule has 2 aromatic rings. The van der Waals surface area contributed by atoms with Crippen molar-refractivity contribution in [1.29, 1.82) is 0 Å². The zero-order valence-electron chi connectivity index (χ0n) is 46.2. The number of nitrogens with one attached hydrogen (secondary N) is 4. The molecule has 0 fully saturated rings. The number of carbonyl (C=O) groups is 11. The van der Waals surface area contributed by atoms with Gasteiger partial charge in [0.2, 0.25) is 11.8 Å². The number of unbranched alkanes of at least 4 members (excludes halogenated alkanes) is 6. The molecule has 0 saturated carbocycles. The van der Waals surface area contributed by atoms with Gasteiger partial charge in [-0.25, -0.2) is 9.59 Å². The molecule has 0 bridgehead atoms. The van der Waals surface area contributed by atoms with Crippen LogP contribution in [0.5, 0.6) is 0 Å². The maximum atomic E-state index is 13.9. The fourth-order valence-corrected chi connectivity index (χ4v) is 8.47. The Morgan fingerprint density at radius 3 is 1.44 bits per heavy atom. The molecule has 4 atom stereocenters. The molecule has 428 valence electrons. The molecule has 0 aromatic heterocycles. The summed E-state index contributed by atoms with van der Waals surface area (Å²) in [4.78, 5) is 133. The van der Waals surface area contributed by atoms with Crippen molar-refractivity contribution in [2.24, 2.45) is 17.8 Å². The summed E-state index contributed by atoms with van der Waals surface area (Å²) in [6, 6.07) is 15.1. The third-order valence-electron chi connectivity index (χ3n) is 12.6. The van der Waals surface area contributed by atoms with Gasteiger partial charge in [0.1, 0.15) is 23.4 Å². The smallest absolute Gasteiger partial charge is 0.326 e. The number of ketones is 5. The summed E-state index contributed by atoms with van der Waals surface area (Å²) in [5.74, 6) is -4.01. The Balaban J connectivity index is 0.00000218. The highest BCUT2D eigenvalue weighted by molar-refractivity contribution is 5.92. The third-order valence-corrected chi connectivity index (χ3v) is 12.6. The summed E-state index contributed by atoms with van der Waals surface area (Å²) >= 11 is 0. The lowest BCUT2D eigenvalue weighted by molar-refractivity contribution is -0.141. The third kappa shape index (κ3) is 36.1. The first kappa shape index (κ1) is 68.4. The molecule has 0 aliphatic rings. The molecular weight excluding hydrogens is 989 g/mol. The summed E-state index contributed by atoms with van der Waals surface area (Å²) in [5, 5.41) is 36.9. The topological polar surface area (TPSA) is 297 Å². The van der Waals surface area contributed by atoms with E-state index in [2.05, 4.69) is 21.3 Å². The normalized spacial score (nSPS) is 12.5. The molecule has 0 aliphatic heterocycles. The predicted molar refractivity (Wildman–Crippen MR) is 293 cm³/mol. The van der Waals surface area contributed by atoms with Crippen molar-refractivity contribution in [2.45, 2.75) is 207 Å². The van der Waals surface area contributed by atoms with Crippen molar-refractivity contribution in [3.05, 3.63) is 71.8 Å². The van der Waals surface area contributed by atoms with E-state index in [4.69, 9.17) is 10.2 Å². The fourth-order valence-electron chi connectivity index (χ4n) is 8.47. The van der Waals surface area contributed by atoms with Gasteiger partial charge in [0.25, 0.3) is 0 Å². The van der Waals surface area contributed by atoms with Crippen molar-refractivity contribution in [3.8, 4) is 0 Å². The molecule has 18 heteroatoms. The van der Waals surface area contributed by atoms with Gasteiger partial charge in [0.05, 0.1) is 12.1 Å². The van der Waals surface area contributed by atoms with E-state index in [0.29, 0.717) is 102 Å². The van der Waals surface area contributed by atoms with E-state index < -0.39 is 54.4 Å². The lowest BCUT2D eigenvalue weighted by atomic mass is 9.90. The number of rotatable bonds is 42. The van der Waals surface area contributed by atoms with E-state index >= 15 is 0 Å². The van der Waals surface area contributed by atoms with Crippen LogP contribution < -0.4 is 21.3 Å². The average Bonchev–Trinajstić information content (AvgIpc) is 3.35. The van der Waals surface area contributed by atoms with Gasteiger partial charge in [-0.15, -0.1) is 0 Å². The fraction of sp³-hybridized carbons (Fsp3) is 0.610. The largest absolute Gasteiger partial charge is 0.481 e. The van der Waals surface area contributed by atoms with E-state index in [0.717, 1.165) is 36.8 Å². The van der Waals surface area contributed by atoms with Crippen LogP contribution in [0.2, 0.25) is 0 Å². The van der Waals surface area contributed by atoms with E-state index in [1.54, 1.807) is 0 Å². The number of amides is 4. The zero-order chi connectivity index (χ0) is 57.5. The molecule has 0 heterocycles. The highest BCUT2D eigenvalue weighted by atomic mass is 16.4. The highest BCUT2D eigenvalue weighted by Crippen LogP contribution is 2.19. The van der Waals surface area contributed by atoms with Gasteiger partial charge in [-0.1, -0.05) is 114 Å². The summed E-state index contributed by atoms with van der Waals surface area (Å²) in [6.45, 7) is 9.63. The Morgan fingerprint density at radius 1 is 0.455 bits per heavy atom. The first-order chi connectivity index (χ1) is 36.6. The summed E-state index contributed by atoms with van der Waals surface area (Å²) in [7, 11) is 0. The van der Waals surface area contributed by atoms with Crippen LogP contribution in [0.15, 0.2) is 60.7 Å². The van der Waals surface area contributed by atoms with Crippen LogP contribution in [0.25, 0.3) is 0 Å². The van der Waals surface area contributed by atoms with Gasteiger partial charge in [-0.2, -0.15) is 0 Å². The molecule has 0 saturated heterocycles. The minimum Gasteiger partial charge on any atom is -0.481 e. The molecule has 4 amide bonds. The molecular formula is C59H88N4O14. The van der Waals surface area contributed by atoms with Gasteiger partial charge >= 0.3 is 23.9 Å². The van der Waals surface area contributed by atoms with Crippen LogP contribution in [-0.2, 0) is 60.8 Å². The molecule has 77 heavy (non-hydrogen) atoms. The van der Waals surface area contributed by atoms with Crippen LogP contribution in [0.3, 0.4) is 0 Å². The quantitative estimate of drug-likeness (QED) is 0.0306. The number of Topliss-reactive ketones (excluding diaryl/α,β-unsaturated/α-hetero) is 5. The van der Waals surface area contributed by atoms with E-state index in [1.807, 2.05) is 88.4 Å². The zero-order valence-corrected chi connectivity index (χ0v) is 46.2. The number of carbonyl (C=O) groups excluding carboxylic acids is 8. The number of urea groups is 1. The SMILES string of the molecule is CC(=O)[C@H](CCCCNC(=O)CCCCCCCCC(=O)[C@@H](Cc1ccccc1)NC(=O)[C@H](CC(=O)CCCC(=O)CC(C)C)Cc1ccccc1)NC(=O)N[C@@H](CCC(=O)O)C(=O)O.CC(C)CC(=O)CCCC(=O)O. The highest BCUT2D eigenvalue weighted by Gasteiger charge is 2.28. The Bertz CT molecular complexity index is 2150. The first-order valence-corrected chi connectivity index (χ1v) is 27.5. The van der Waals surface area contributed by atoms with E-state index in [1.165, 1.54) is 6.92 Å². The number of aliphatic carboxylic acids is 3. The van der Waals surface area contributed by atoms with Crippen molar-refractivity contribution in [2.75, 3.05) is 6.54 Å². The van der Waals surface area contributed by atoms with Crippen molar-refractivity contribution < 1.29 is 68.1 Å². The molecule has 0 aliphatic carbocycles. The van der Waals surface area contributed by atoms with E-state index in [9.17, 15) is 57.8 Å². The maximum absolute atomic E-state index is 13.9. The summed E-state index contributed by atoms with van der Waals surface area (Å²) in [6.07, 6.45) is 9.81. The Morgan fingerprint density at radius 2 is 0.935 bits per heavy atom. The average molecular weight is 1080 g/mol. The maximum Gasteiger partial charge on any atom is 0.326 e. The Kier molecular flexibility index (Phi) is 36.1. The van der Waals surface area contributed by atoms with Gasteiger partial charge in [-0.05, 0) is 94.1 Å². The minimum absolute atomic E-state index is 0.0256. The first-order valence-electron chi connectivity index (χ1n) is 27.5. The lowest BCUT2D eigenvalue weighted by Gasteiger charge is -2.22. The van der Waals surface area contributed by atoms with Crippen molar-refractivity contribution >= 4 is 64.7 Å². The molecule has 0 radical (unpaired) electrons. The molecule has 18 nitrogen and oxygen atoms in total. The van der Waals surface area contributed by atoms with Crippen LogP contribution >= 0.6 is 0 Å². The summed E-state index contributed by atoms with van der Waals surface area (Å²) in [5.41, 5.74) is 1.83. The van der Waals surface area contributed by atoms with Gasteiger partial charge < -0.3 is 36.6 Å². The van der Waals surface area contributed by atoms with Crippen molar-refractivity contribution in [3.63, 3.8) is 0 Å². The van der Waals surface area contributed by atoms with Gasteiger partial charge in [0.15, 0.2) is 11.6 Å². The number of hydrogen-bond donors (Lipinski definition) is 7. The molecule has 2 rings (SSSR count). The minimum atomic E-state index is -1.41. The lowest BCUT2D eigenvalue weighted by Crippen LogP contribution is -2.50. The summed E-state index contributed by atoms with van der Waals surface area (Å²) < 4.78 is 0. The molecule has 7 N–H and O–H groups in total. The van der Waals surface area contributed by atoms with Crippen LogP contribution in [0.1, 0.15) is 187 Å². The number of carboxylic acid groups (broad SMARTS) is 3.